The SMILES string of the molecule is CC(=O)Nc1ccc(S(=O)(=O)/C(C#N)=C/c2cn(Cc3ccc([N+](=O)[O-])cc3)c3ccccc23)cc1. The molecular weight excluding hydrogens is 480 g/mol. The van der Waals surface area contributed by atoms with Gasteiger partial charge in [-0.1, -0.05) is 30.3 Å². The smallest absolute Gasteiger partial charge is 0.269 e. The number of sulfone groups is 1. The summed E-state index contributed by atoms with van der Waals surface area (Å²) in [5, 5.41) is 24.0. The second kappa shape index (κ2) is 9.85. The first-order valence-electron chi connectivity index (χ1n) is 10.7. The van der Waals surface area contributed by atoms with E-state index < -0.39 is 19.7 Å². The summed E-state index contributed by atoms with van der Waals surface area (Å²) in [4.78, 5) is 21.2. The number of nitro groups is 1. The third kappa shape index (κ3) is 5.01. The number of amides is 1. The van der Waals surface area contributed by atoms with Crippen LogP contribution in [0.25, 0.3) is 17.0 Å². The average molecular weight is 501 g/mol. The molecule has 0 bridgehead atoms. The number of fused-ring (bicyclic) bond motifs is 1. The van der Waals surface area contributed by atoms with Crippen molar-refractivity contribution in [3.8, 4) is 6.07 Å². The molecule has 0 aliphatic carbocycles. The fourth-order valence-electron chi connectivity index (χ4n) is 3.80. The van der Waals surface area contributed by atoms with Crippen LogP contribution in [0, 0.1) is 21.4 Å². The number of hydrogen-bond donors (Lipinski definition) is 1. The van der Waals surface area contributed by atoms with Crippen LogP contribution in [0.15, 0.2) is 88.8 Å². The van der Waals surface area contributed by atoms with Crippen LogP contribution in [0.3, 0.4) is 0 Å². The van der Waals surface area contributed by atoms with Gasteiger partial charge in [-0.3, -0.25) is 14.9 Å². The summed E-state index contributed by atoms with van der Waals surface area (Å²) in [5.41, 5.74) is 2.62. The first-order chi connectivity index (χ1) is 17.2. The molecule has 0 fully saturated rings. The molecule has 10 heteroatoms. The highest BCUT2D eigenvalue weighted by Gasteiger charge is 2.22. The van der Waals surface area contributed by atoms with Gasteiger partial charge in [0.25, 0.3) is 5.69 Å². The minimum absolute atomic E-state index is 0.00582. The van der Waals surface area contributed by atoms with Crippen molar-refractivity contribution in [2.75, 3.05) is 5.32 Å². The number of carbonyl (C=O) groups excluding carboxylic acids is 1. The number of rotatable bonds is 7. The molecule has 4 rings (SSSR count). The van der Waals surface area contributed by atoms with Crippen molar-refractivity contribution < 1.29 is 18.1 Å². The van der Waals surface area contributed by atoms with Crippen LogP contribution < -0.4 is 5.32 Å². The van der Waals surface area contributed by atoms with Gasteiger partial charge in [-0.15, -0.1) is 0 Å². The van der Waals surface area contributed by atoms with E-state index in [9.17, 15) is 28.6 Å². The molecule has 4 aromatic rings. The van der Waals surface area contributed by atoms with Crippen LogP contribution in [0.1, 0.15) is 18.1 Å². The maximum absolute atomic E-state index is 13.2. The molecular formula is C26H20N4O5S. The highest BCUT2D eigenvalue weighted by Crippen LogP contribution is 2.28. The predicted octanol–water partition coefficient (Wildman–Crippen LogP) is 4.89. The van der Waals surface area contributed by atoms with E-state index in [2.05, 4.69) is 5.32 Å². The molecule has 0 spiro atoms. The molecule has 0 aliphatic rings. The molecule has 0 atom stereocenters. The van der Waals surface area contributed by atoms with Gasteiger partial charge >= 0.3 is 0 Å². The predicted molar refractivity (Wildman–Crippen MR) is 136 cm³/mol. The fourth-order valence-corrected chi connectivity index (χ4v) is 4.95. The van der Waals surface area contributed by atoms with Gasteiger partial charge in [0.1, 0.15) is 11.0 Å². The molecule has 36 heavy (non-hydrogen) atoms. The van der Waals surface area contributed by atoms with Gasteiger partial charge in [-0.25, -0.2) is 8.42 Å². The Bertz CT molecular complexity index is 1650. The van der Waals surface area contributed by atoms with Crippen molar-refractivity contribution in [1.82, 2.24) is 4.57 Å². The number of nitro benzene ring substituents is 1. The number of para-hydroxylation sites is 1. The maximum atomic E-state index is 13.2. The second-order valence-corrected chi connectivity index (χ2v) is 9.90. The fraction of sp³-hybridized carbons (Fsp3) is 0.0769. The van der Waals surface area contributed by atoms with E-state index in [0.29, 0.717) is 17.8 Å². The van der Waals surface area contributed by atoms with Crippen molar-refractivity contribution in [2.45, 2.75) is 18.4 Å². The maximum Gasteiger partial charge on any atom is 0.269 e. The molecule has 1 heterocycles. The monoisotopic (exact) mass is 500 g/mol. The minimum Gasteiger partial charge on any atom is -0.342 e. The highest BCUT2D eigenvalue weighted by atomic mass is 32.2. The Hall–Kier alpha value is -4.75. The van der Waals surface area contributed by atoms with Gasteiger partial charge in [0.2, 0.25) is 15.7 Å². The van der Waals surface area contributed by atoms with Crippen molar-refractivity contribution in [3.63, 3.8) is 0 Å². The summed E-state index contributed by atoms with van der Waals surface area (Å²) in [6, 6.07) is 21.0. The Labute approximate surface area is 207 Å². The largest absolute Gasteiger partial charge is 0.342 e. The van der Waals surface area contributed by atoms with Gasteiger partial charge in [-0.05, 0) is 42.0 Å². The van der Waals surface area contributed by atoms with Crippen LogP contribution >= 0.6 is 0 Å². The second-order valence-electron chi connectivity index (χ2n) is 7.98. The molecule has 1 N–H and O–H groups in total. The molecule has 180 valence electrons. The van der Waals surface area contributed by atoms with E-state index in [1.807, 2.05) is 28.8 Å². The van der Waals surface area contributed by atoms with E-state index in [1.165, 1.54) is 49.4 Å². The molecule has 0 radical (unpaired) electrons. The molecule has 0 saturated heterocycles. The number of nitrogens with zero attached hydrogens (tertiary/aromatic N) is 3. The van der Waals surface area contributed by atoms with E-state index in [4.69, 9.17) is 0 Å². The summed E-state index contributed by atoms with van der Waals surface area (Å²) >= 11 is 0. The van der Waals surface area contributed by atoms with E-state index in [0.717, 1.165) is 16.5 Å². The first kappa shape index (κ1) is 24.4. The zero-order chi connectivity index (χ0) is 25.9. The normalized spacial score (nSPS) is 11.7. The van der Waals surface area contributed by atoms with Gasteiger partial charge in [0.05, 0.1) is 9.82 Å². The molecule has 0 unspecified atom stereocenters. The third-order valence-electron chi connectivity index (χ3n) is 5.49. The first-order valence-corrected chi connectivity index (χ1v) is 12.2. The molecule has 9 nitrogen and oxygen atoms in total. The van der Waals surface area contributed by atoms with Gasteiger partial charge in [0, 0.05) is 54.0 Å². The lowest BCUT2D eigenvalue weighted by Crippen LogP contribution is -2.07. The van der Waals surface area contributed by atoms with Gasteiger partial charge in [-0.2, -0.15) is 5.26 Å². The average Bonchev–Trinajstić information content (AvgIpc) is 3.19. The standard InChI is InChI=1S/C26H20N4O5S/c1-18(31)28-21-8-12-23(13-9-21)36(34,35)24(15-27)14-20-17-29(26-5-3-2-4-25(20)26)16-19-6-10-22(11-7-19)30(32)33/h2-14,17H,16H2,1H3,(H,28,31)/b24-14+. The molecule has 3 aromatic carbocycles. The third-order valence-corrected chi connectivity index (χ3v) is 7.17. The minimum atomic E-state index is -4.11. The highest BCUT2D eigenvalue weighted by molar-refractivity contribution is 7.95. The number of anilines is 1. The van der Waals surface area contributed by atoms with Crippen molar-refractivity contribution in [1.29, 1.82) is 5.26 Å². The lowest BCUT2D eigenvalue weighted by atomic mass is 10.1. The summed E-state index contributed by atoms with van der Waals surface area (Å²) < 4.78 is 28.3. The molecule has 1 aromatic heterocycles. The summed E-state index contributed by atoms with van der Waals surface area (Å²) in [7, 11) is -4.11. The Morgan fingerprint density at radius 3 is 2.36 bits per heavy atom. The lowest BCUT2D eigenvalue weighted by Gasteiger charge is -2.06. The topological polar surface area (TPSA) is 135 Å². The Balaban J connectivity index is 1.71. The zero-order valence-electron chi connectivity index (χ0n) is 19.1. The van der Waals surface area contributed by atoms with Crippen LogP contribution in [0.4, 0.5) is 11.4 Å². The summed E-state index contributed by atoms with van der Waals surface area (Å²) in [6.07, 6.45) is 3.09. The lowest BCUT2D eigenvalue weighted by molar-refractivity contribution is -0.384. The van der Waals surface area contributed by atoms with E-state index in [1.54, 1.807) is 24.4 Å². The number of hydrogen-bond acceptors (Lipinski definition) is 6. The Kier molecular flexibility index (Phi) is 6.67. The van der Waals surface area contributed by atoms with Crippen molar-refractivity contribution >= 4 is 44.1 Å². The summed E-state index contributed by atoms with van der Waals surface area (Å²) in [6.45, 7) is 1.74. The molecule has 0 aliphatic heterocycles. The number of carbonyl (C=O) groups is 1. The van der Waals surface area contributed by atoms with Crippen LogP contribution in [-0.2, 0) is 21.2 Å². The van der Waals surface area contributed by atoms with Crippen LogP contribution in [0.2, 0.25) is 0 Å². The number of non-ortho nitro benzene ring substituents is 1. The zero-order valence-corrected chi connectivity index (χ0v) is 19.9. The number of allylic oxidation sites excluding steroid dienone is 1. The van der Waals surface area contributed by atoms with Gasteiger partial charge in [0.15, 0.2) is 0 Å². The summed E-state index contributed by atoms with van der Waals surface area (Å²) in [5.74, 6) is -0.284. The van der Waals surface area contributed by atoms with Gasteiger partial charge < -0.3 is 9.88 Å². The molecule has 0 saturated carbocycles. The van der Waals surface area contributed by atoms with E-state index >= 15 is 0 Å². The Morgan fingerprint density at radius 2 is 1.75 bits per heavy atom. The Morgan fingerprint density at radius 1 is 1.08 bits per heavy atom. The number of nitrogens with one attached hydrogen (secondary N) is 1. The van der Waals surface area contributed by atoms with Crippen LogP contribution in [-0.4, -0.2) is 23.8 Å². The number of nitriles is 1. The number of benzene rings is 3. The van der Waals surface area contributed by atoms with Crippen LogP contribution in [0.5, 0.6) is 0 Å². The van der Waals surface area contributed by atoms with Crippen molar-refractivity contribution in [2.24, 2.45) is 0 Å². The number of aromatic nitrogens is 1. The molecule has 1 amide bonds. The quantitative estimate of drug-likeness (QED) is 0.218. The van der Waals surface area contributed by atoms with Crippen molar-refractivity contribution in [3.05, 3.63) is 105 Å². The van der Waals surface area contributed by atoms with E-state index in [-0.39, 0.29) is 16.5 Å².